The van der Waals surface area contributed by atoms with E-state index in [9.17, 15) is 0 Å². The summed E-state index contributed by atoms with van der Waals surface area (Å²) < 4.78 is 1.11. The van der Waals surface area contributed by atoms with Gasteiger partial charge in [0.05, 0.1) is 10.4 Å². The van der Waals surface area contributed by atoms with Crippen molar-refractivity contribution in [3.8, 4) is 0 Å². The number of nitrogens with two attached hydrogens (primary N) is 1. The lowest BCUT2D eigenvalue weighted by molar-refractivity contribution is 1.32. The number of pyridine rings is 1. The lowest BCUT2D eigenvalue weighted by Crippen LogP contribution is -1.78. The van der Waals surface area contributed by atoms with E-state index >= 15 is 0 Å². The molecular formula is C11H8N4S2. The highest BCUT2D eigenvalue weighted by molar-refractivity contribution is 7.29. The largest absolute Gasteiger partial charge is 0.375 e. The van der Waals surface area contributed by atoms with Gasteiger partial charge in [-0.15, -0.1) is 11.3 Å². The lowest BCUT2D eigenvalue weighted by Gasteiger charge is -1.89. The van der Waals surface area contributed by atoms with Gasteiger partial charge in [-0.05, 0) is 18.2 Å². The number of hydrogen-bond donors (Lipinski definition) is 1. The second-order valence-corrected chi connectivity index (χ2v) is 5.46. The topological polar surface area (TPSA) is 64.2 Å². The van der Waals surface area contributed by atoms with Crippen molar-refractivity contribution in [2.75, 3.05) is 5.73 Å². The van der Waals surface area contributed by atoms with Crippen molar-refractivity contribution >= 4 is 49.2 Å². The normalized spacial score (nSPS) is 11.5. The monoisotopic (exact) mass is 260 g/mol. The van der Waals surface area contributed by atoms with Crippen molar-refractivity contribution in [3.05, 3.63) is 35.5 Å². The van der Waals surface area contributed by atoms with Gasteiger partial charge >= 0.3 is 0 Å². The molecule has 0 saturated heterocycles. The van der Waals surface area contributed by atoms with Crippen LogP contribution in [0.4, 0.5) is 10.8 Å². The van der Waals surface area contributed by atoms with Crippen molar-refractivity contribution in [1.82, 2.24) is 9.97 Å². The van der Waals surface area contributed by atoms with Gasteiger partial charge in [0.2, 0.25) is 0 Å². The van der Waals surface area contributed by atoms with Crippen LogP contribution in [0.1, 0.15) is 4.88 Å². The SMILES string of the molecule is Nc1nc2sc(C=Nc3ccncc3)cc2s1. The molecular weight excluding hydrogens is 252 g/mol. The highest BCUT2D eigenvalue weighted by Gasteiger charge is 2.04. The molecule has 84 valence electrons. The number of aromatic nitrogens is 2. The molecule has 0 saturated carbocycles. The maximum absolute atomic E-state index is 5.62. The molecule has 0 aromatic carbocycles. The van der Waals surface area contributed by atoms with Crippen LogP contribution in [-0.4, -0.2) is 16.2 Å². The van der Waals surface area contributed by atoms with Gasteiger partial charge in [-0.2, -0.15) is 0 Å². The van der Waals surface area contributed by atoms with Crippen LogP contribution in [-0.2, 0) is 0 Å². The molecule has 0 atom stereocenters. The molecule has 0 fully saturated rings. The first kappa shape index (κ1) is 10.4. The van der Waals surface area contributed by atoms with Crippen LogP contribution in [0.25, 0.3) is 9.53 Å². The maximum Gasteiger partial charge on any atom is 0.181 e. The van der Waals surface area contributed by atoms with Crippen LogP contribution < -0.4 is 5.73 Å². The molecule has 0 aliphatic rings. The summed E-state index contributed by atoms with van der Waals surface area (Å²) in [6.45, 7) is 0. The summed E-state index contributed by atoms with van der Waals surface area (Å²) in [6, 6.07) is 5.78. The Bertz CT molecular complexity index is 638. The van der Waals surface area contributed by atoms with Gasteiger partial charge in [-0.25, -0.2) is 4.98 Å². The Morgan fingerprint density at radius 1 is 1.24 bits per heavy atom. The number of thiophene rings is 1. The zero-order valence-corrected chi connectivity index (χ0v) is 10.3. The Balaban J connectivity index is 1.90. The van der Waals surface area contributed by atoms with Gasteiger partial charge in [0.25, 0.3) is 0 Å². The third-order valence-electron chi connectivity index (χ3n) is 2.13. The number of hydrogen-bond acceptors (Lipinski definition) is 6. The smallest absolute Gasteiger partial charge is 0.181 e. The molecule has 17 heavy (non-hydrogen) atoms. The van der Waals surface area contributed by atoms with Gasteiger partial charge in [-0.3, -0.25) is 9.98 Å². The highest BCUT2D eigenvalue weighted by atomic mass is 32.1. The van der Waals surface area contributed by atoms with E-state index in [-0.39, 0.29) is 0 Å². The molecule has 6 heteroatoms. The standard InChI is InChI=1S/C11H8N4S2/c12-11-15-10-9(17-11)5-8(16-10)6-14-7-1-3-13-4-2-7/h1-6H,(H2,12,15). The van der Waals surface area contributed by atoms with E-state index in [1.807, 2.05) is 18.3 Å². The van der Waals surface area contributed by atoms with Crippen molar-refractivity contribution in [2.24, 2.45) is 4.99 Å². The second kappa shape index (κ2) is 4.23. The number of thiazole rings is 1. The number of nitrogens with zero attached hydrogens (tertiary/aromatic N) is 3. The summed E-state index contributed by atoms with van der Waals surface area (Å²) in [5.41, 5.74) is 6.52. The molecule has 3 rings (SSSR count). The third-order valence-corrected chi connectivity index (χ3v) is 4.05. The van der Waals surface area contributed by atoms with Gasteiger partial charge in [0.1, 0.15) is 4.83 Å². The van der Waals surface area contributed by atoms with E-state index in [0.29, 0.717) is 5.13 Å². The molecule has 2 N–H and O–H groups in total. The first-order chi connectivity index (χ1) is 8.31. The van der Waals surface area contributed by atoms with E-state index < -0.39 is 0 Å². The predicted octanol–water partition coefficient (Wildman–Crippen LogP) is 3.09. The van der Waals surface area contributed by atoms with Crippen molar-refractivity contribution in [3.63, 3.8) is 0 Å². The first-order valence-electron chi connectivity index (χ1n) is 4.91. The highest BCUT2D eigenvalue weighted by Crippen LogP contribution is 2.30. The Hall–Kier alpha value is -1.79. The van der Waals surface area contributed by atoms with Gasteiger partial charge in [0, 0.05) is 23.5 Å². The van der Waals surface area contributed by atoms with Crippen LogP contribution >= 0.6 is 22.7 Å². The van der Waals surface area contributed by atoms with Gasteiger partial charge in [-0.1, -0.05) is 11.3 Å². The van der Waals surface area contributed by atoms with E-state index in [0.717, 1.165) is 20.1 Å². The maximum atomic E-state index is 5.62. The zero-order valence-electron chi connectivity index (χ0n) is 8.70. The summed E-state index contributed by atoms with van der Waals surface area (Å²) >= 11 is 3.09. The lowest BCUT2D eigenvalue weighted by atomic mass is 10.4. The molecule has 0 bridgehead atoms. The Morgan fingerprint density at radius 2 is 2.06 bits per heavy atom. The average Bonchev–Trinajstić information content (AvgIpc) is 2.84. The zero-order chi connectivity index (χ0) is 11.7. The van der Waals surface area contributed by atoms with Crippen LogP contribution in [0, 0.1) is 0 Å². The molecule has 4 nitrogen and oxygen atoms in total. The summed E-state index contributed by atoms with van der Waals surface area (Å²) in [5, 5.41) is 0.615. The quantitative estimate of drug-likeness (QED) is 0.720. The van der Waals surface area contributed by atoms with Crippen LogP contribution in [0.2, 0.25) is 0 Å². The number of aliphatic imine (C=N–C) groups is 1. The Morgan fingerprint density at radius 3 is 2.82 bits per heavy atom. The third kappa shape index (κ3) is 2.17. The fourth-order valence-corrected chi connectivity index (χ4v) is 3.27. The van der Waals surface area contributed by atoms with Crippen LogP contribution in [0.15, 0.2) is 35.6 Å². The Kier molecular flexibility index (Phi) is 2.58. The van der Waals surface area contributed by atoms with Crippen molar-refractivity contribution < 1.29 is 0 Å². The molecule has 0 radical (unpaired) electrons. The first-order valence-corrected chi connectivity index (χ1v) is 6.54. The number of fused-ring (bicyclic) bond motifs is 1. The van der Waals surface area contributed by atoms with E-state index in [1.54, 1.807) is 23.7 Å². The second-order valence-electron chi connectivity index (χ2n) is 3.33. The summed E-state index contributed by atoms with van der Waals surface area (Å²) in [4.78, 5) is 14.6. The van der Waals surface area contributed by atoms with Gasteiger partial charge in [0.15, 0.2) is 5.13 Å². The summed E-state index contributed by atoms with van der Waals surface area (Å²) in [5.74, 6) is 0. The van der Waals surface area contributed by atoms with Crippen molar-refractivity contribution in [2.45, 2.75) is 0 Å². The molecule has 3 aromatic heterocycles. The minimum Gasteiger partial charge on any atom is -0.375 e. The van der Waals surface area contributed by atoms with E-state index in [4.69, 9.17) is 5.73 Å². The van der Waals surface area contributed by atoms with Crippen LogP contribution in [0.5, 0.6) is 0 Å². The van der Waals surface area contributed by atoms with E-state index in [1.165, 1.54) is 11.3 Å². The molecule has 0 unspecified atom stereocenters. The Labute approximate surface area is 105 Å². The molecule has 3 heterocycles. The number of rotatable bonds is 2. The van der Waals surface area contributed by atoms with Crippen molar-refractivity contribution in [1.29, 1.82) is 0 Å². The fourth-order valence-electron chi connectivity index (χ4n) is 1.40. The molecule has 0 aliphatic carbocycles. The molecule has 3 aromatic rings. The predicted molar refractivity (Wildman–Crippen MR) is 73.4 cm³/mol. The van der Waals surface area contributed by atoms with Gasteiger partial charge < -0.3 is 5.73 Å². The minimum absolute atomic E-state index is 0.615. The molecule has 0 amide bonds. The minimum atomic E-state index is 0.615. The summed E-state index contributed by atoms with van der Waals surface area (Å²) in [6.07, 6.45) is 5.29. The fraction of sp³-hybridized carbons (Fsp3) is 0. The molecule has 0 aliphatic heterocycles. The van der Waals surface area contributed by atoms with E-state index in [2.05, 4.69) is 21.0 Å². The molecule has 0 spiro atoms. The average molecular weight is 260 g/mol. The number of anilines is 1. The number of nitrogen functional groups attached to an aromatic ring is 1. The van der Waals surface area contributed by atoms with Crippen LogP contribution in [0.3, 0.4) is 0 Å². The summed E-state index contributed by atoms with van der Waals surface area (Å²) in [7, 11) is 0.